The first-order valence-corrected chi connectivity index (χ1v) is 4.42. The standard InChI is InChI=1S/C8H15ClO2/c1-7(2)6-11-8(10)4-3-5-9/h7H,3-6H2,1-2H3. The predicted octanol–water partition coefficient (Wildman–Crippen LogP) is 2.20. The molecule has 0 aromatic carbocycles. The van der Waals surface area contributed by atoms with E-state index in [9.17, 15) is 4.79 Å². The number of esters is 1. The molecule has 2 nitrogen and oxygen atoms in total. The summed E-state index contributed by atoms with van der Waals surface area (Å²) in [6, 6.07) is 0. The van der Waals surface area contributed by atoms with E-state index in [1.807, 2.05) is 13.8 Å². The lowest BCUT2D eigenvalue weighted by Gasteiger charge is -2.05. The Kier molecular flexibility index (Phi) is 6.33. The van der Waals surface area contributed by atoms with Crippen molar-refractivity contribution in [3.05, 3.63) is 0 Å². The van der Waals surface area contributed by atoms with Crippen molar-refractivity contribution in [2.24, 2.45) is 5.92 Å². The Balaban J connectivity index is 3.23. The first-order chi connectivity index (χ1) is 5.16. The summed E-state index contributed by atoms with van der Waals surface area (Å²) in [6.45, 7) is 4.53. The Morgan fingerprint density at radius 1 is 1.55 bits per heavy atom. The number of alkyl halides is 1. The van der Waals surface area contributed by atoms with E-state index < -0.39 is 0 Å². The molecule has 0 heterocycles. The van der Waals surface area contributed by atoms with Crippen LogP contribution in [0.1, 0.15) is 26.7 Å². The van der Waals surface area contributed by atoms with Crippen molar-refractivity contribution in [1.29, 1.82) is 0 Å². The van der Waals surface area contributed by atoms with Gasteiger partial charge in [-0.15, -0.1) is 11.6 Å². The zero-order chi connectivity index (χ0) is 8.69. The Labute approximate surface area is 72.9 Å². The summed E-state index contributed by atoms with van der Waals surface area (Å²) in [7, 11) is 0. The number of carbonyl (C=O) groups is 1. The van der Waals surface area contributed by atoms with Gasteiger partial charge in [0.25, 0.3) is 0 Å². The van der Waals surface area contributed by atoms with E-state index in [-0.39, 0.29) is 5.97 Å². The van der Waals surface area contributed by atoms with Crippen LogP contribution in [0.25, 0.3) is 0 Å². The minimum atomic E-state index is -0.139. The van der Waals surface area contributed by atoms with Crippen LogP contribution >= 0.6 is 11.6 Å². The SMILES string of the molecule is CC(C)COC(=O)CCCCl. The van der Waals surface area contributed by atoms with Crippen molar-refractivity contribution in [2.45, 2.75) is 26.7 Å². The average molecular weight is 179 g/mol. The third-order valence-electron chi connectivity index (χ3n) is 1.09. The molecule has 66 valence electrons. The van der Waals surface area contributed by atoms with E-state index in [1.165, 1.54) is 0 Å². The van der Waals surface area contributed by atoms with Crippen LogP contribution in [0.5, 0.6) is 0 Å². The number of carbonyl (C=O) groups excluding carboxylic acids is 1. The van der Waals surface area contributed by atoms with Gasteiger partial charge < -0.3 is 4.74 Å². The summed E-state index contributed by atoms with van der Waals surface area (Å²) in [6.07, 6.45) is 1.15. The van der Waals surface area contributed by atoms with Gasteiger partial charge in [0.2, 0.25) is 0 Å². The van der Waals surface area contributed by atoms with Crippen molar-refractivity contribution < 1.29 is 9.53 Å². The van der Waals surface area contributed by atoms with Crippen molar-refractivity contribution in [3.8, 4) is 0 Å². The van der Waals surface area contributed by atoms with Gasteiger partial charge in [-0.1, -0.05) is 13.8 Å². The van der Waals surface area contributed by atoms with E-state index in [0.717, 1.165) is 0 Å². The second-order valence-corrected chi connectivity index (χ2v) is 3.25. The second kappa shape index (κ2) is 6.47. The molecule has 0 aromatic heterocycles. The van der Waals surface area contributed by atoms with Gasteiger partial charge in [-0.05, 0) is 12.3 Å². The highest BCUT2D eigenvalue weighted by Gasteiger charge is 2.02. The van der Waals surface area contributed by atoms with Gasteiger partial charge in [-0.25, -0.2) is 0 Å². The zero-order valence-corrected chi connectivity index (χ0v) is 7.86. The average Bonchev–Trinajstić information content (AvgIpc) is 1.97. The third-order valence-corrected chi connectivity index (χ3v) is 1.36. The lowest BCUT2D eigenvalue weighted by molar-refractivity contribution is -0.144. The van der Waals surface area contributed by atoms with Crippen LogP contribution in [0.15, 0.2) is 0 Å². The second-order valence-electron chi connectivity index (χ2n) is 2.87. The number of halogens is 1. The number of ether oxygens (including phenoxy) is 1. The molecule has 0 radical (unpaired) electrons. The Hall–Kier alpha value is -0.240. The highest BCUT2D eigenvalue weighted by molar-refractivity contribution is 6.17. The highest BCUT2D eigenvalue weighted by atomic mass is 35.5. The van der Waals surface area contributed by atoms with Gasteiger partial charge in [0.1, 0.15) is 0 Å². The molecule has 0 aliphatic heterocycles. The number of hydrogen-bond acceptors (Lipinski definition) is 2. The Bertz CT molecular complexity index is 113. The van der Waals surface area contributed by atoms with Gasteiger partial charge in [-0.3, -0.25) is 4.79 Å². The lowest BCUT2D eigenvalue weighted by Crippen LogP contribution is -2.09. The van der Waals surface area contributed by atoms with Crippen LogP contribution in [0, 0.1) is 5.92 Å². The van der Waals surface area contributed by atoms with Gasteiger partial charge in [0, 0.05) is 12.3 Å². The first-order valence-electron chi connectivity index (χ1n) is 3.88. The maximum absolute atomic E-state index is 10.8. The van der Waals surface area contributed by atoms with Crippen LogP contribution in [0.3, 0.4) is 0 Å². The minimum absolute atomic E-state index is 0.139. The molecule has 0 saturated carbocycles. The maximum Gasteiger partial charge on any atom is 0.305 e. The van der Waals surface area contributed by atoms with Crippen LogP contribution in [0.4, 0.5) is 0 Å². The van der Waals surface area contributed by atoms with Crippen LogP contribution in [0.2, 0.25) is 0 Å². The monoisotopic (exact) mass is 178 g/mol. The third kappa shape index (κ3) is 7.66. The predicted molar refractivity (Wildman–Crippen MR) is 45.8 cm³/mol. The number of rotatable bonds is 5. The Morgan fingerprint density at radius 3 is 2.64 bits per heavy atom. The normalized spacial score (nSPS) is 10.2. The topological polar surface area (TPSA) is 26.3 Å². The van der Waals surface area contributed by atoms with E-state index in [0.29, 0.717) is 31.2 Å². The summed E-state index contributed by atoms with van der Waals surface area (Å²) < 4.78 is 4.91. The van der Waals surface area contributed by atoms with Crippen LogP contribution < -0.4 is 0 Å². The van der Waals surface area contributed by atoms with Crippen molar-refractivity contribution in [2.75, 3.05) is 12.5 Å². The fraction of sp³-hybridized carbons (Fsp3) is 0.875. The molecule has 0 fully saturated rings. The fourth-order valence-corrected chi connectivity index (χ4v) is 0.677. The van der Waals surface area contributed by atoms with E-state index in [4.69, 9.17) is 16.3 Å². The van der Waals surface area contributed by atoms with Gasteiger partial charge in [0.05, 0.1) is 6.61 Å². The largest absolute Gasteiger partial charge is 0.465 e. The summed E-state index contributed by atoms with van der Waals surface area (Å²) in [4.78, 5) is 10.8. The van der Waals surface area contributed by atoms with Gasteiger partial charge in [-0.2, -0.15) is 0 Å². The molecule has 0 aliphatic carbocycles. The minimum Gasteiger partial charge on any atom is -0.465 e. The molecule has 0 amide bonds. The molecule has 0 atom stereocenters. The summed E-state index contributed by atoms with van der Waals surface area (Å²) in [5, 5.41) is 0. The van der Waals surface area contributed by atoms with Crippen LogP contribution in [-0.2, 0) is 9.53 Å². The quantitative estimate of drug-likeness (QED) is 0.477. The van der Waals surface area contributed by atoms with Crippen molar-refractivity contribution >= 4 is 17.6 Å². The number of hydrogen-bond donors (Lipinski definition) is 0. The lowest BCUT2D eigenvalue weighted by atomic mass is 10.2. The van der Waals surface area contributed by atoms with E-state index in [1.54, 1.807) is 0 Å². The molecule has 0 aliphatic rings. The summed E-state index contributed by atoms with van der Waals surface area (Å²) >= 11 is 5.40. The Morgan fingerprint density at radius 2 is 2.18 bits per heavy atom. The highest BCUT2D eigenvalue weighted by Crippen LogP contribution is 1.98. The fourth-order valence-electron chi connectivity index (χ4n) is 0.543. The van der Waals surface area contributed by atoms with E-state index >= 15 is 0 Å². The molecule has 0 rings (SSSR count). The molecule has 0 N–H and O–H groups in total. The molecular weight excluding hydrogens is 164 g/mol. The van der Waals surface area contributed by atoms with Crippen molar-refractivity contribution in [3.63, 3.8) is 0 Å². The molecule has 0 bridgehead atoms. The molecule has 0 aromatic rings. The molecule has 0 unspecified atom stereocenters. The van der Waals surface area contributed by atoms with Crippen LogP contribution in [-0.4, -0.2) is 18.5 Å². The van der Waals surface area contributed by atoms with E-state index in [2.05, 4.69) is 0 Å². The molecular formula is C8H15ClO2. The van der Waals surface area contributed by atoms with Gasteiger partial charge >= 0.3 is 5.97 Å². The smallest absolute Gasteiger partial charge is 0.305 e. The molecule has 0 saturated heterocycles. The maximum atomic E-state index is 10.8. The molecule has 3 heteroatoms. The first kappa shape index (κ1) is 10.8. The molecule has 11 heavy (non-hydrogen) atoms. The summed E-state index contributed by atoms with van der Waals surface area (Å²) in [5.74, 6) is 0.797. The van der Waals surface area contributed by atoms with Gasteiger partial charge in [0.15, 0.2) is 0 Å². The molecule has 0 spiro atoms. The van der Waals surface area contributed by atoms with Crippen molar-refractivity contribution in [1.82, 2.24) is 0 Å². The summed E-state index contributed by atoms with van der Waals surface area (Å²) in [5.41, 5.74) is 0. The zero-order valence-electron chi connectivity index (χ0n) is 7.10.